The molecule has 0 radical (unpaired) electrons. The van der Waals surface area contributed by atoms with E-state index >= 15 is 0 Å². The predicted molar refractivity (Wildman–Crippen MR) is 85.5 cm³/mol. The number of rotatable bonds is 4. The zero-order valence-electron chi connectivity index (χ0n) is 12.9. The first-order valence-corrected chi connectivity index (χ1v) is 8.18. The van der Waals surface area contributed by atoms with Crippen LogP contribution in [0.1, 0.15) is 29.3 Å². The Morgan fingerprint density at radius 2 is 2.46 bits per heavy atom. The van der Waals surface area contributed by atoms with Gasteiger partial charge >= 0.3 is 5.95 Å². The van der Waals surface area contributed by atoms with Crippen molar-refractivity contribution in [1.82, 2.24) is 14.8 Å². The average Bonchev–Trinajstić information content (AvgIpc) is 3.10. The molecule has 0 aliphatic heterocycles. The summed E-state index contributed by atoms with van der Waals surface area (Å²) in [7, 11) is 0. The summed E-state index contributed by atoms with van der Waals surface area (Å²) in [6.45, 7) is 1.97. The van der Waals surface area contributed by atoms with Crippen LogP contribution in [0.3, 0.4) is 0 Å². The lowest BCUT2D eigenvalue weighted by molar-refractivity contribution is -0.394. The number of thiophene rings is 1. The van der Waals surface area contributed by atoms with Crippen molar-refractivity contribution >= 4 is 28.2 Å². The lowest BCUT2D eigenvalue weighted by atomic mass is 9.89. The molecule has 1 atom stereocenters. The normalized spacial score (nSPS) is 16.2. The van der Waals surface area contributed by atoms with Crippen molar-refractivity contribution in [3.8, 4) is 6.07 Å². The van der Waals surface area contributed by atoms with Crippen LogP contribution in [0, 0.1) is 27.4 Å². The molecule has 2 heterocycles. The van der Waals surface area contributed by atoms with E-state index in [0.29, 0.717) is 16.5 Å². The van der Waals surface area contributed by atoms with Gasteiger partial charge in [-0.1, -0.05) is 11.9 Å². The standard InChI is InChI=1S/C14H14N6O3S/c1-8-2-3-9-10(5-15)13(24-11(9)4-8)17-12(21)6-19-7-16-14(18-19)20(22)23/h7-8H,2-4,6H2,1H3,(H,17,21)/t8-/m1/s1. The number of hydrogen-bond acceptors (Lipinski definition) is 7. The topological polar surface area (TPSA) is 127 Å². The van der Waals surface area contributed by atoms with Crippen LogP contribution < -0.4 is 5.32 Å². The molecule has 2 aromatic heterocycles. The van der Waals surface area contributed by atoms with Crippen molar-refractivity contribution in [3.63, 3.8) is 0 Å². The predicted octanol–water partition coefficient (Wildman–Crippen LogP) is 1.88. The third-order valence-corrected chi connectivity index (χ3v) is 5.04. The highest BCUT2D eigenvalue weighted by atomic mass is 32.1. The Labute approximate surface area is 141 Å². The Morgan fingerprint density at radius 1 is 1.67 bits per heavy atom. The molecule has 10 heteroatoms. The number of aromatic nitrogens is 3. The molecule has 0 saturated heterocycles. The summed E-state index contributed by atoms with van der Waals surface area (Å²) in [5, 5.41) is 26.8. The van der Waals surface area contributed by atoms with E-state index < -0.39 is 16.8 Å². The number of fused-ring (bicyclic) bond motifs is 1. The van der Waals surface area contributed by atoms with Crippen LogP contribution in [0.5, 0.6) is 0 Å². The third-order valence-electron chi connectivity index (χ3n) is 3.87. The molecule has 0 unspecified atom stereocenters. The van der Waals surface area contributed by atoms with E-state index in [9.17, 15) is 20.2 Å². The van der Waals surface area contributed by atoms with Crippen LogP contribution in [0.25, 0.3) is 0 Å². The molecule has 0 aromatic carbocycles. The molecule has 124 valence electrons. The first kappa shape index (κ1) is 16.1. The minimum Gasteiger partial charge on any atom is -0.390 e. The molecule has 0 bridgehead atoms. The molecular formula is C14H14N6O3S. The SMILES string of the molecule is C[C@@H]1CCc2c(sc(NC(=O)Cn3cnc([N+](=O)[O-])n3)c2C#N)C1. The molecular weight excluding hydrogens is 332 g/mol. The van der Waals surface area contributed by atoms with Gasteiger partial charge in [-0.05, 0) is 35.7 Å². The van der Waals surface area contributed by atoms with Gasteiger partial charge < -0.3 is 15.4 Å². The monoisotopic (exact) mass is 346 g/mol. The summed E-state index contributed by atoms with van der Waals surface area (Å²) < 4.78 is 1.09. The van der Waals surface area contributed by atoms with Gasteiger partial charge in [0.25, 0.3) is 0 Å². The molecule has 0 saturated carbocycles. The summed E-state index contributed by atoms with van der Waals surface area (Å²) >= 11 is 1.43. The lowest BCUT2D eigenvalue weighted by Crippen LogP contribution is -2.19. The fourth-order valence-corrected chi connectivity index (χ4v) is 4.09. The van der Waals surface area contributed by atoms with E-state index in [4.69, 9.17) is 0 Å². The molecule has 0 fully saturated rings. The molecule has 1 amide bonds. The summed E-state index contributed by atoms with van der Waals surface area (Å²) in [6, 6.07) is 2.18. The number of nitrogens with zero attached hydrogens (tertiary/aromatic N) is 5. The largest absolute Gasteiger partial charge is 0.490 e. The quantitative estimate of drug-likeness (QED) is 0.665. The first-order valence-electron chi connectivity index (χ1n) is 7.36. The Bertz CT molecular complexity index is 849. The highest BCUT2D eigenvalue weighted by Gasteiger charge is 2.25. The van der Waals surface area contributed by atoms with Crippen molar-refractivity contribution in [1.29, 1.82) is 5.26 Å². The van der Waals surface area contributed by atoms with E-state index in [2.05, 4.69) is 28.4 Å². The van der Waals surface area contributed by atoms with Crippen molar-refractivity contribution in [2.45, 2.75) is 32.7 Å². The number of nitro groups is 1. The third kappa shape index (κ3) is 3.11. The van der Waals surface area contributed by atoms with E-state index in [1.165, 1.54) is 11.3 Å². The summed E-state index contributed by atoms with van der Waals surface area (Å²) in [4.78, 5) is 26.6. The van der Waals surface area contributed by atoms with Gasteiger partial charge in [0.2, 0.25) is 12.2 Å². The van der Waals surface area contributed by atoms with Gasteiger partial charge in [-0.15, -0.1) is 11.3 Å². The number of carbonyl (C=O) groups is 1. The maximum Gasteiger partial charge on any atom is 0.490 e. The zero-order chi connectivity index (χ0) is 17.3. The number of amides is 1. The van der Waals surface area contributed by atoms with Crippen LogP contribution in [0.2, 0.25) is 0 Å². The number of carbonyl (C=O) groups excluding carboxylic acids is 1. The number of hydrogen-bond donors (Lipinski definition) is 1. The molecule has 0 spiro atoms. The molecule has 24 heavy (non-hydrogen) atoms. The summed E-state index contributed by atoms with van der Waals surface area (Å²) in [6.07, 6.45) is 3.93. The van der Waals surface area contributed by atoms with Crippen molar-refractivity contribution in [3.05, 3.63) is 32.4 Å². The Hall–Kier alpha value is -2.80. The number of nitrogens with one attached hydrogen (secondary N) is 1. The number of nitriles is 1. The Balaban J connectivity index is 1.74. The van der Waals surface area contributed by atoms with Gasteiger partial charge in [0.15, 0.2) is 0 Å². The van der Waals surface area contributed by atoms with E-state index in [0.717, 1.165) is 40.7 Å². The fourth-order valence-electron chi connectivity index (χ4n) is 2.72. The first-order chi connectivity index (χ1) is 11.5. The van der Waals surface area contributed by atoms with Gasteiger partial charge in [-0.2, -0.15) is 9.94 Å². The Kier molecular flexibility index (Phi) is 4.26. The average molecular weight is 346 g/mol. The highest BCUT2D eigenvalue weighted by molar-refractivity contribution is 7.16. The van der Waals surface area contributed by atoms with Crippen LogP contribution in [0.15, 0.2) is 6.33 Å². The van der Waals surface area contributed by atoms with Gasteiger partial charge in [-0.3, -0.25) is 4.79 Å². The number of anilines is 1. The summed E-state index contributed by atoms with van der Waals surface area (Å²) in [5.74, 6) is -0.388. The van der Waals surface area contributed by atoms with Gasteiger partial charge in [0.05, 0.1) is 5.56 Å². The van der Waals surface area contributed by atoms with Crippen molar-refractivity contribution in [2.24, 2.45) is 5.92 Å². The second kappa shape index (κ2) is 6.37. The van der Waals surface area contributed by atoms with Crippen LogP contribution in [-0.2, 0) is 24.2 Å². The second-order valence-electron chi connectivity index (χ2n) is 5.72. The maximum absolute atomic E-state index is 12.1. The molecule has 2 aromatic rings. The lowest BCUT2D eigenvalue weighted by Gasteiger charge is -2.17. The van der Waals surface area contributed by atoms with Crippen LogP contribution in [-0.4, -0.2) is 25.6 Å². The minimum absolute atomic E-state index is 0.204. The van der Waals surface area contributed by atoms with Gasteiger partial charge in [0, 0.05) is 9.98 Å². The van der Waals surface area contributed by atoms with E-state index in [-0.39, 0.29) is 6.54 Å². The Morgan fingerprint density at radius 3 is 3.12 bits per heavy atom. The zero-order valence-corrected chi connectivity index (χ0v) is 13.7. The smallest absolute Gasteiger partial charge is 0.390 e. The van der Waals surface area contributed by atoms with Crippen molar-refractivity contribution < 1.29 is 9.72 Å². The summed E-state index contributed by atoms with van der Waals surface area (Å²) in [5.41, 5.74) is 1.56. The van der Waals surface area contributed by atoms with E-state index in [1.54, 1.807) is 0 Å². The highest BCUT2D eigenvalue weighted by Crippen LogP contribution is 2.39. The molecule has 9 nitrogen and oxygen atoms in total. The maximum atomic E-state index is 12.1. The van der Waals surface area contributed by atoms with E-state index in [1.807, 2.05) is 0 Å². The molecule has 3 rings (SSSR count). The molecule has 1 N–H and O–H groups in total. The van der Waals surface area contributed by atoms with Crippen molar-refractivity contribution in [2.75, 3.05) is 5.32 Å². The van der Waals surface area contributed by atoms with Crippen LogP contribution >= 0.6 is 11.3 Å². The van der Waals surface area contributed by atoms with Gasteiger partial charge in [0.1, 0.15) is 17.6 Å². The minimum atomic E-state index is -0.726. The molecule has 1 aliphatic rings. The van der Waals surface area contributed by atoms with Crippen LogP contribution in [0.4, 0.5) is 10.9 Å². The molecule has 1 aliphatic carbocycles. The van der Waals surface area contributed by atoms with Gasteiger partial charge in [-0.25, -0.2) is 0 Å². The second-order valence-corrected chi connectivity index (χ2v) is 6.82. The fraction of sp³-hybridized carbons (Fsp3) is 0.429.